The Kier molecular flexibility index (Phi) is 2.47. The van der Waals surface area contributed by atoms with E-state index < -0.39 is 10.7 Å². The highest BCUT2D eigenvalue weighted by Gasteiger charge is 2.43. The number of carbonyl (C=O) groups is 1. The Morgan fingerprint density at radius 3 is 2.36 bits per heavy atom. The van der Waals surface area contributed by atoms with Crippen LogP contribution in [-0.2, 0) is 4.79 Å². The Hall–Kier alpha value is -0.180. The lowest BCUT2D eigenvalue weighted by Crippen LogP contribution is -2.43. The van der Waals surface area contributed by atoms with Crippen LogP contribution in [0.15, 0.2) is 0 Å². The van der Waals surface area contributed by atoms with Crippen molar-refractivity contribution in [3.8, 4) is 0 Å². The topological polar surface area (TPSA) is 37.3 Å². The molecule has 11 heavy (non-hydrogen) atoms. The van der Waals surface area contributed by atoms with E-state index in [-0.39, 0.29) is 0 Å². The molecule has 64 valence electrons. The van der Waals surface area contributed by atoms with Crippen molar-refractivity contribution < 1.29 is 9.90 Å². The molecule has 1 fully saturated rings. The third-order valence-corrected chi connectivity index (χ3v) is 3.56. The highest BCUT2D eigenvalue weighted by Crippen LogP contribution is 2.42. The maximum Gasteiger partial charge on any atom is 0.319 e. The summed E-state index contributed by atoms with van der Waals surface area (Å²) in [7, 11) is 0. The van der Waals surface area contributed by atoms with E-state index in [1.807, 2.05) is 6.92 Å². The number of hydrogen-bond donors (Lipinski definition) is 2. The summed E-state index contributed by atoms with van der Waals surface area (Å²) in [6.07, 6.45) is 3.85. The van der Waals surface area contributed by atoms with Gasteiger partial charge in [0.15, 0.2) is 0 Å². The maximum atomic E-state index is 10.8. The first-order chi connectivity index (χ1) is 5.11. The fourth-order valence-corrected chi connectivity index (χ4v) is 1.76. The van der Waals surface area contributed by atoms with E-state index in [2.05, 4.69) is 12.6 Å². The van der Waals surface area contributed by atoms with Gasteiger partial charge in [0.1, 0.15) is 4.75 Å². The van der Waals surface area contributed by atoms with Gasteiger partial charge in [-0.3, -0.25) is 4.79 Å². The number of thiol groups is 1. The van der Waals surface area contributed by atoms with E-state index in [1.54, 1.807) is 0 Å². The van der Waals surface area contributed by atoms with E-state index >= 15 is 0 Å². The second-order valence-corrected chi connectivity index (χ2v) is 4.01. The quantitative estimate of drug-likeness (QED) is 0.642. The average molecular weight is 174 g/mol. The van der Waals surface area contributed by atoms with E-state index in [1.165, 1.54) is 6.42 Å². The van der Waals surface area contributed by atoms with Crippen LogP contribution in [0.2, 0.25) is 0 Å². The summed E-state index contributed by atoms with van der Waals surface area (Å²) in [5, 5.41) is 8.89. The lowest BCUT2D eigenvalue weighted by molar-refractivity contribution is -0.142. The average Bonchev–Trinajstić information content (AvgIpc) is 1.83. The third kappa shape index (κ3) is 1.39. The molecule has 0 aromatic carbocycles. The molecule has 0 aromatic rings. The normalized spacial score (nSPS) is 23.8. The highest BCUT2D eigenvalue weighted by molar-refractivity contribution is 7.82. The molecular weight excluding hydrogens is 160 g/mol. The number of rotatable bonds is 3. The second kappa shape index (κ2) is 3.05. The van der Waals surface area contributed by atoms with Crippen molar-refractivity contribution in [2.75, 3.05) is 0 Å². The van der Waals surface area contributed by atoms with Crippen molar-refractivity contribution in [3.63, 3.8) is 0 Å². The van der Waals surface area contributed by atoms with Gasteiger partial charge in [-0.1, -0.05) is 13.3 Å². The first-order valence-corrected chi connectivity index (χ1v) is 4.51. The fraction of sp³-hybridized carbons (Fsp3) is 0.875. The van der Waals surface area contributed by atoms with Crippen molar-refractivity contribution in [1.82, 2.24) is 0 Å². The Labute approximate surface area is 72.4 Å². The molecule has 1 atom stereocenters. The summed E-state index contributed by atoms with van der Waals surface area (Å²) < 4.78 is -0.752. The maximum absolute atomic E-state index is 10.8. The molecule has 0 saturated heterocycles. The van der Waals surface area contributed by atoms with Gasteiger partial charge in [0, 0.05) is 0 Å². The fourth-order valence-electron chi connectivity index (χ4n) is 1.50. The molecule has 0 aromatic heterocycles. The Morgan fingerprint density at radius 2 is 2.27 bits per heavy atom. The third-order valence-electron chi connectivity index (χ3n) is 2.69. The molecule has 2 nitrogen and oxygen atoms in total. The molecule has 0 heterocycles. The minimum absolute atomic E-state index is 0.299. The molecule has 0 bridgehead atoms. The van der Waals surface area contributed by atoms with Crippen molar-refractivity contribution in [2.45, 2.75) is 37.4 Å². The second-order valence-electron chi connectivity index (χ2n) is 3.21. The molecule has 1 rings (SSSR count). The van der Waals surface area contributed by atoms with Gasteiger partial charge in [-0.05, 0) is 25.2 Å². The van der Waals surface area contributed by atoms with Crippen LogP contribution in [0.5, 0.6) is 0 Å². The van der Waals surface area contributed by atoms with Crippen LogP contribution in [-0.4, -0.2) is 15.8 Å². The van der Waals surface area contributed by atoms with Crippen molar-refractivity contribution in [2.24, 2.45) is 5.92 Å². The SMILES string of the molecule is CCC(S)(C(=O)O)C1CCC1. The molecule has 0 radical (unpaired) electrons. The summed E-state index contributed by atoms with van der Waals surface area (Å²) in [4.78, 5) is 10.8. The lowest BCUT2D eigenvalue weighted by atomic mass is 9.74. The molecule has 0 amide bonds. The van der Waals surface area contributed by atoms with Gasteiger partial charge < -0.3 is 5.11 Å². The zero-order valence-electron chi connectivity index (χ0n) is 6.71. The predicted octanol–water partition coefficient (Wildman–Crippen LogP) is 1.95. The van der Waals surface area contributed by atoms with Gasteiger partial charge in [-0.2, -0.15) is 12.6 Å². The summed E-state index contributed by atoms with van der Waals surface area (Å²) in [6, 6.07) is 0. The standard InChI is InChI=1S/C8H14O2S/c1-2-8(11,7(9)10)6-4-3-5-6/h6,11H,2-5H2,1H3,(H,9,10). The molecule has 1 saturated carbocycles. The van der Waals surface area contributed by atoms with Gasteiger partial charge in [0.05, 0.1) is 0 Å². The van der Waals surface area contributed by atoms with Crippen molar-refractivity contribution >= 4 is 18.6 Å². The summed E-state index contributed by atoms with van der Waals surface area (Å²) >= 11 is 4.24. The molecule has 1 N–H and O–H groups in total. The molecule has 3 heteroatoms. The Balaban J connectivity index is 2.65. The summed E-state index contributed by atoms with van der Waals surface area (Å²) in [5.74, 6) is -0.457. The van der Waals surface area contributed by atoms with Gasteiger partial charge >= 0.3 is 5.97 Å². The van der Waals surface area contributed by atoms with Gasteiger partial charge in [0.25, 0.3) is 0 Å². The Bertz CT molecular complexity index is 165. The largest absolute Gasteiger partial charge is 0.480 e. The minimum atomic E-state index is -0.756. The lowest BCUT2D eigenvalue weighted by Gasteiger charge is -2.38. The van der Waals surface area contributed by atoms with Crippen LogP contribution in [0.1, 0.15) is 32.6 Å². The van der Waals surface area contributed by atoms with Crippen LogP contribution < -0.4 is 0 Å². The van der Waals surface area contributed by atoms with Crippen LogP contribution in [0.3, 0.4) is 0 Å². The van der Waals surface area contributed by atoms with Crippen LogP contribution in [0.4, 0.5) is 0 Å². The molecule has 0 spiro atoms. The molecule has 0 aliphatic heterocycles. The monoisotopic (exact) mass is 174 g/mol. The first kappa shape index (κ1) is 8.91. The van der Waals surface area contributed by atoms with Crippen molar-refractivity contribution in [3.05, 3.63) is 0 Å². The molecular formula is C8H14O2S. The molecule has 1 aliphatic carbocycles. The van der Waals surface area contributed by atoms with Gasteiger partial charge in [0.2, 0.25) is 0 Å². The summed E-state index contributed by atoms with van der Waals surface area (Å²) in [5.41, 5.74) is 0. The Morgan fingerprint density at radius 1 is 1.73 bits per heavy atom. The van der Waals surface area contributed by atoms with E-state index in [4.69, 9.17) is 5.11 Å². The van der Waals surface area contributed by atoms with Crippen LogP contribution in [0, 0.1) is 5.92 Å². The van der Waals surface area contributed by atoms with Crippen LogP contribution in [0.25, 0.3) is 0 Å². The smallest absolute Gasteiger partial charge is 0.319 e. The van der Waals surface area contributed by atoms with E-state index in [9.17, 15) is 4.79 Å². The van der Waals surface area contributed by atoms with Gasteiger partial charge in [-0.15, -0.1) is 0 Å². The predicted molar refractivity (Wildman–Crippen MR) is 47.0 cm³/mol. The number of hydrogen-bond acceptors (Lipinski definition) is 2. The van der Waals surface area contributed by atoms with Gasteiger partial charge in [-0.25, -0.2) is 0 Å². The first-order valence-electron chi connectivity index (χ1n) is 4.07. The zero-order valence-corrected chi connectivity index (χ0v) is 7.60. The molecule has 1 unspecified atom stereocenters. The van der Waals surface area contributed by atoms with Crippen LogP contribution >= 0.6 is 12.6 Å². The molecule has 1 aliphatic rings. The van der Waals surface area contributed by atoms with Crippen molar-refractivity contribution in [1.29, 1.82) is 0 Å². The number of aliphatic carboxylic acids is 1. The zero-order chi connectivity index (χ0) is 8.48. The minimum Gasteiger partial charge on any atom is -0.480 e. The highest BCUT2D eigenvalue weighted by atomic mass is 32.1. The van der Waals surface area contributed by atoms with E-state index in [0.717, 1.165) is 12.8 Å². The van der Waals surface area contributed by atoms with E-state index in [0.29, 0.717) is 12.3 Å². The summed E-state index contributed by atoms with van der Waals surface area (Å²) in [6.45, 7) is 1.89. The number of carboxylic acids is 1. The number of carboxylic acid groups (broad SMARTS) is 1.